The van der Waals surface area contributed by atoms with Crippen molar-refractivity contribution in [3.63, 3.8) is 0 Å². The summed E-state index contributed by atoms with van der Waals surface area (Å²) in [7, 11) is 2.19. The van der Waals surface area contributed by atoms with E-state index < -0.39 is 33.8 Å². The lowest BCUT2D eigenvalue weighted by Gasteiger charge is -2.33. The number of piperidine rings is 1. The summed E-state index contributed by atoms with van der Waals surface area (Å²) in [5.74, 6) is 0.703. The number of hydrogen-bond acceptors (Lipinski definition) is 6. The van der Waals surface area contributed by atoms with Crippen molar-refractivity contribution in [3.05, 3.63) is 71.0 Å². The van der Waals surface area contributed by atoms with Crippen LogP contribution in [0.25, 0.3) is 0 Å². The molecule has 0 aliphatic carbocycles. The number of nitrogens with zero attached hydrogens (tertiary/aromatic N) is 3. The number of alkyl halides is 3. The molecular formula is C28H31ClF3N4O3S+. The fourth-order valence-corrected chi connectivity index (χ4v) is 7.53. The summed E-state index contributed by atoms with van der Waals surface area (Å²) in [5.41, 5.74) is 5.71. The zero-order chi connectivity index (χ0) is 28.9. The second-order valence-corrected chi connectivity index (χ2v) is 12.1. The SMILES string of the molecule is COc1ccc([S+](c2ncccn2)C(CC2CCCN(Cc3ccc(Cl)c(C(F)(F)F)c3)C2)C(N)=O)cc1OC. The zero-order valence-electron chi connectivity index (χ0n) is 22.2. The quantitative estimate of drug-likeness (QED) is 0.251. The standard InChI is InChI=1S/C28H30ClF3N4O3S/c1-38-23-9-7-20(15-24(23)39-2)40(27-34-10-4-11-35-27)25(26(33)37)14-18-5-3-12-36(16-18)17-19-6-8-22(29)21(13-19)28(30,31)32/h4,6-11,13,15,18,25H,3,5,12,14,16-17H2,1-2H3,(H-,33,37)/p+1. The number of halogens is 4. The minimum Gasteiger partial charge on any atom is -0.493 e. The van der Waals surface area contributed by atoms with Crippen LogP contribution in [0.4, 0.5) is 13.2 Å². The van der Waals surface area contributed by atoms with Gasteiger partial charge in [-0.05, 0) is 61.2 Å². The van der Waals surface area contributed by atoms with Crippen molar-refractivity contribution in [1.29, 1.82) is 0 Å². The Morgan fingerprint density at radius 2 is 1.88 bits per heavy atom. The number of rotatable bonds is 10. The van der Waals surface area contributed by atoms with Gasteiger partial charge in [-0.25, -0.2) is 0 Å². The highest BCUT2D eigenvalue weighted by molar-refractivity contribution is 7.98. The van der Waals surface area contributed by atoms with Crippen molar-refractivity contribution in [3.8, 4) is 11.5 Å². The molecule has 1 amide bonds. The highest BCUT2D eigenvalue weighted by atomic mass is 35.5. The van der Waals surface area contributed by atoms with Crippen molar-refractivity contribution in [2.45, 2.75) is 47.3 Å². The van der Waals surface area contributed by atoms with Crippen LogP contribution < -0.4 is 15.2 Å². The highest BCUT2D eigenvalue weighted by Crippen LogP contribution is 2.37. The van der Waals surface area contributed by atoms with Crippen molar-refractivity contribution in [1.82, 2.24) is 14.9 Å². The van der Waals surface area contributed by atoms with Crippen LogP contribution in [0.2, 0.25) is 5.02 Å². The molecule has 7 nitrogen and oxygen atoms in total. The summed E-state index contributed by atoms with van der Waals surface area (Å²) in [5, 5.41) is -0.424. The number of nitrogens with two attached hydrogens (primary N) is 1. The summed E-state index contributed by atoms with van der Waals surface area (Å²) in [4.78, 5) is 24.8. The van der Waals surface area contributed by atoms with Gasteiger partial charge in [-0.3, -0.25) is 9.69 Å². The van der Waals surface area contributed by atoms with Crippen LogP contribution in [0.3, 0.4) is 0 Å². The smallest absolute Gasteiger partial charge is 0.417 e. The molecule has 1 aliphatic rings. The molecule has 1 fully saturated rings. The van der Waals surface area contributed by atoms with E-state index in [0.717, 1.165) is 30.3 Å². The van der Waals surface area contributed by atoms with E-state index in [-0.39, 0.29) is 10.9 Å². The molecule has 0 saturated carbocycles. The van der Waals surface area contributed by atoms with Crippen molar-refractivity contribution < 1.29 is 27.4 Å². The second-order valence-electron chi connectivity index (χ2n) is 9.57. The fraction of sp³-hybridized carbons (Fsp3) is 0.393. The molecule has 1 saturated heterocycles. The molecule has 3 aromatic rings. The zero-order valence-corrected chi connectivity index (χ0v) is 23.7. The molecular weight excluding hydrogens is 565 g/mol. The van der Waals surface area contributed by atoms with E-state index in [2.05, 4.69) is 14.9 Å². The monoisotopic (exact) mass is 595 g/mol. The first-order valence-electron chi connectivity index (χ1n) is 12.7. The van der Waals surface area contributed by atoms with E-state index in [1.54, 1.807) is 44.8 Å². The van der Waals surface area contributed by atoms with Crippen molar-refractivity contribution in [2.75, 3.05) is 27.3 Å². The minimum atomic E-state index is -4.52. The Bertz CT molecular complexity index is 1320. The van der Waals surface area contributed by atoms with Crippen LogP contribution in [0.1, 0.15) is 30.4 Å². The third kappa shape index (κ3) is 7.18. The molecule has 214 valence electrons. The van der Waals surface area contributed by atoms with E-state index in [9.17, 15) is 18.0 Å². The minimum absolute atomic E-state index is 0.0968. The molecule has 0 bridgehead atoms. The summed E-state index contributed by atoms with van der Waals surface area (Å²) >= 11 is 5.80. The van der Waals surface area contributed by atoms with Gasteiger partial charge >= 0.3 is 11.3 Å². The third-order valence-corrected chi connectivity index (χ3v) is 9.53. The normalized spacial score (nSPS) is 17.7. The van der Waals surface area contributed by atoms with Gasteiger partial charge in [0.25, 0.3) is 5.91 Å². The predicted octanol–water partition coefficient (Wildman–Crippen LogP) is 5.36. The number of methoxy groups -OCH3 is 2. The molecule has 4 rings (SSSR count). The van der Waals surface area contributed by atoms with Crippen LogP contribution in [-0.2, 0) is 28.4 Å². The molecule has 12 heteroatoms. The number of likely N-dealkylation sites (tertiary alicyclic amines) is 1. The molecule has 3 atom stereocenters. The van der Waals surface area contributed by atoms with Gasteiger partial charge < -0.3 is 15.2 Å². The van der Waals surface area contributed by atoms with Gasteiger partial charge in [0.2, 0.25) is 5.25 Å². The van der Waals surface area contributed by atoms with Gasteiger partial charge in [0.1, 0.15) is 10.9 Å². The van der Waals surface area contributed by atoms with Crippen LogP contribution in [0.15, 0.2) is 64.9 Å². The largest absolute Gasteiger partial charge is 0.493 e. The number of hydrogen-bond donors (Lipinski definition) is 1. The summed E-state index contributed by atoms with van der Waals surface area (Å²) in [6.07, 6.45) is 0.937. The number of primary amides is 1. The third-order valence-electron chi connectivity index (χ3n) is 6.84. The second kappa shape index (κ2) is 13.1. The number of aromatic nitrogens is 2. The Morgan fingerprint density at radius 1 is 1.15 bits per heavy atom. The Hall–Kier alpha value is -3.02. The fourth-order valence-electron chi connectivity index (χ4n) is 5.01. The van der Waals surface area contributed by atoms with Gasteiger partial charge in [-0.15, -0.1) is 0 Å². The number of carbonyl (C=O) groups is 1. The Balaban J connectivity index is 1.58. The van der Waals surface area contributed by atoms with Crippen LogP contribution in [0, 0.1) is 5.92 Å². The Kier molecular flexibility index (Phi) is 9.81. The average Bonchev–Trinajstić information content (AvgIpc) is 2.93. The number of benzene rings is 2. The van der Waals surface area contributed by atoms with Crippen LogP contribution in [0.5, 0.6) is 11.5 Å². The van der Waals surface area contributed by atoms with E-state index in [1.807, 2.05) is 12.1 Å². The molecule has 3 unspecified atom stereocenters. The molecule has 40 heavy (non-hydrogen) atoms. The van der Waals surface area contributed by atoms with Gasteiger partial charge in [-0.1, -0.05) is 17.7 Å². The lowest BCUT2D eigenvalue weighted by Crippen LogP contribution is -2.42. The lowest BCUT2D eigenvalue weighted by molar-refractivity contribution is -0.137. The van der Waals surface area contributed by atoms with E-state index >= 15 is 0 Å². The first-order chi connectivity index (χ1) is 19.1. The van der Waals surface area contributed by atoms with Gasteiger partial charge in [0.05, 0.1) is 24.8 Å². The number of amides is 1. The number of ether oxygens (including phenoxy) is 2. The van der Waals surface area contributed by atoms with E-state index in [1.165, 1.54) is 6.07 Å². The van der Waals surface area contributed by atoms with Crippen molar-refractivity contribution >= 4 is 28.4 Å². The van der Waals surface area contributed by atoms with Crippen LogP contribution in [-0.4, -0.2) is 53.3 Å². The first-order valence-corrected chi connectivity index (χ1v) is 14.4. The maximum absolute atomic E-state index is 13.4. The van der Waals surface area contributed by atoms with Crippen molar-refractivity contribution in [2.24, 2.45) is 11.7 Å². The lowest BCUT2D eigenvalue weighted by atomic mass is 9.92. The highest BCUT2D eigenvalue weighted by Gasteiger charge is 2.44. The molecule has 0 radical (unpaired) electrons. The molecule has 2 aromatic carbocycles. The Morgan fingerprint density at radius 3 is 2.52 bits per heavy atom. The van der Waals surface area contributed by atoms with Gasteiger partial charge in [0.15, 0.2) is 16.4 Å². The van der Waals surface area contributed by atoms with Gasteiger partial charge in [0, 0.05) is 38.0 Å². The predicted molar refractivity (Wildman–Crippen MR) is 148 cm³/mol. The summed E-state index contributed by atoms with van der Waals surface area (Å²) < 4.78 is 51.0. The molecule has 0 spiro atoms. The van der Waals surface area contributed by atoms with Gasteiger partial charge in [-0.2, -0.15) is 23.1 Å². The maximum Gasteiger partial charge on any atom is 0.417 e. The maximum atomic E-state index is 13.4. The average molecular weight is 596 g/mol. The summed E-state index contributed by atoms with van der Waals surface area (Å²) in [6, 6.07) is 11.2. The molecule has 2 heterocycles. The molecule has 1 aliphatic heterocycles. The molecule has 2 N–H and O–H groups in total. The molecule has 1 aromatic heterocycles. The first kappa shape index (κ1) is 30.0. The topological polar surface area (TPSA) is 90.6 Å². The van der Waals surface area contributed by atoms with Crippen LogP contribution >= 0.6 is 11.6 Å². The summed E-state index contributed by atoms with van der Waals surface area (Å²) in [6.45, 7) is 1.71. The van der Waals surface area contributed by atoms with E-state index in [0.29, 0.717) is 41.7 Å². The number of carbonyl (C=O) groups excluding carboxylic acids is 1. The van der Waals surface area contributed by atoms with E-state index in [4.69, 9.17) is 26.8 Å². The Labute approximate surface area is 239 Å².